The quantitative estimate of drug-likeness (QED) is 0.209. The Morgan fingerprint density at radius 3 is 1.97 bits per heavy atom. The molecule has 0 aromatic heterocycles. The maximum atomic E-state index is 6.14. The van der Waals surface area contributed by atoms with Crippen LogP contribution < -0.4 is 20.9 Å². The Bertz CT molecular complexity index is 1240. The Balaban J connectivity index is 1.61. The zero-order valence-corrected chi connectivity index (χ0v) is 23.0. The normalized spacial score (nSPS) is 15.3. The smallest absolute Gasteiger partial charge is 0.146 e. The van der Waals surface area contributed by atoms with Gasteiger partial charge in [-0.3, -0.25) is 0 Å². The van der Waals surface area contributed by atoms with Gasteiger partial charge in [-0.25, -0.2) is 0 Å². The fourth-order valence-electron chi connectivity index (χ4n) is 3.26. The third-order valence-electron chi connectivity index (χ3n) is 4.73. The number of anilines is 2. The number of hydrogen-bond donors (Lipinski definition) is 2. The summed E-state index contributed by atoms with van der Waals surface area (Å²) in [5.41, 5.74) is 15.2. The molecular weight excluding hydrogens is 668 g/mol. The van der Waals surface area contributed by atoms with E-state index in [0.717, 1.165) is 20.1 Å². The van der Waals surface area contributed by atoms with Crippen molar-refractivity contribution in [2.75, 3.05) is 11.5 Å². The minimum atomic E-state index is -0.587. The first-order valence-corrected chi connectivity index (χ1v) is 12.7. The van der Waals surface area contributed by atoms with Gasteiger partial charge in [0, 0.05) is 29.9 Å². The predicted octanol–water partition coefficient (Wildman–Crippen LogP) is 8.36. The van der Waals surface area contributed by atoms with Gasteiger partial charge in [-0.2, -0.15) is 0 Å². The Hall–Kier alpha value is -1.74. The number of halogens is 4. The lowest BCUT2D eigenvalue weighted by Gasteiger charge is -2.30. The third kappa shape index (κ3) is 5.42. The van der Waals surface area contributed by atoms with Gasteiger partial charge in [-0.1, -0.05) is 50.1 Å². The number of rotatable bonds is 5. The molecule has 0 radical (unpaired) electrons. The second-order valence-electron chi connectivity index (χ2n) is 7.22. The lowest BCUT2D eigenvalue weighted by molar-refractivity contribution is 0.402. The van der Waals surface area contributed by atoms with Crippen molar-refractivity contribution in [1.29, 1.82) is 0 Å². The van der Waals surface area contributed by atoms with Crippen LogP contribution in [0.15, 0.2) is 87.5 Å². The van der Waals surface area contributed by atoms with Crippen LogP contribution in [0.25, 0.3) is 5.57 Å². The lowest BCUT2D eigenvalue weighted by atomic mass is 9.96. The van der Waals surface area contributed by atoms with Crippen LogP contribution in [0.5, 0.6) is 17.2 Å². The Kier molecular flexibility index (Phi) is 7.05. The molecule has 0 heterocycles. The van der Waals surface area contributed by atoms with Gasteiger partial charge in [0.2, 0.25) is 0 Å². The molecule has 4 rings (SSSR count). The van der Waals surface area contributed by atoms with E-state index in [-0.39, 0.29) is 0 Å². The average molecular weight is 686 g/mol. The topological polar surface area (TPSA) is 70.5 Å². The van der Waals surface area contributed by atoms with Gasteiger partial charge in [-0.15, -0.1) is 0 Å². The number of nitrogen functional groups attached to an aromatic ring is 2. The van der Waals surface area contributed by atoms with Crippen LogP contribution in [-0.2, 0) is 0 Å². The molecular formula is C24H18Br4N2O2. The lowest BCUT2D eigenvalue weighted by Crippen LogP contribution is -2.24. The monoisotopic (exact) mass is 682 g/mol. The van der Waals surface area contributed by atoms with Gasteiger partial charge in [0.1, 0.15) is 26.2 Å². The number of alkyl halides is 2. The molecule has 8 heteroatoms. The standard InChI is InChI=1S/C24H18Br4N2O2/c25-20-9-14(7-8-22(20)31-18-5-1-3-16(29)11-18)15-10-21(26)23(24(27,28)13-15)32-19-6-2-4-17(30)12-19/h1-12H,13,29-30H2. The molecule has 4 N–H and O–H groups in total. The van der Waals surface area contributed by atoms with E-state index < -0.39 is 3.23 Å². The first-order chi connectivity index (χ1) is 15.2. The molecule has 0 aliphatic heterocycles. The molecule has 0 spiro atoms. The number of nitrogens with two attached hydrogens (primary N) is 2. The zero-order chi connectivity index (χ0) is 22.9. The summed E-state index contributed by atoms with van der Waals surface area (Å²) in [6.45, 7) is 0. The number of benzene rings is 3. The van der Waals surface area contributed by atoms with Crippen molar-refractivity contribution in [2.45, 2.75) is 9.65 Å². The van der Waals surface area contributed by atoms with Gasteiger partial charge in [-0.05, 0) is 85.5 Å². The van der Waals surface area contributed by atoms with Crippen molar-refractivity contribution < 1.29 is 9.47 Å². The minimum absolute atomic E-state index is 0.587. The van der Waals surface area contributed by atoms with Crippen molar-refractivity contribution in [3.8, 4) is 17.2 Å². The van der Waals surface area contributed by atoms with Crippen LogP contribution >= 0.6 is 63.7 Å². The third-order valence-corrected chi connectivity index (χ3v) is 7.22. The SMILES string of the molecule is Nc1cccc(OC2=C(Br)C=C(c3ccc(Oc4cccc(N)c4)c(Br)c3)CC2(Br)Br)c1. The molecule has 1 aliphatic rings. The molecule has 0 amide bonds. The summed E-state index contributed by atoms with van der Waals surface area (Å²) in [5, 5.41) is 0. The van der Waals surface area contributed by atoms with Crippen LogP contribution in [0.1, 0.15) is 12.0 Å². The first-order valence-electron chi connectivity index (χ1n) is 9.57. The van der Waals surface area contributed by atoms with Gasteiger partial charge < -0.3 is 20.9 Å². The second-order valence-corrected chi connectivity index (χ2v) is 12.7. The van der Waals surface area contributed by atoms with E-state index in [1.807, 2.05) is 54.6 Å². The molecule has 164 valence electrons. The van der Waals surface area contributed by atoms with Crippen molar-refractivity contribution in [2.24, 2.45) is 0 Å². The van der Waals surface area contributed by atoms with Crippen LogP contribution in [0.2, 0.25) is 0 Å². The summed E-state index contributed by atoms with van der Waals surface area (Å²) in [5.74, 6) is 2.78. The largest absolute Gasteiger partial charge is 0.458 e. The van der Waals surface area contributed by atoms with E-state index in [1.165, 1.54) is 0 Å². The molecule has 0 saturated heterocycles. The fraction of sp³-hybridized carbons (Fsp3) is 0.0833. The summed E-state index contributed by atoms with van der Waals surface area (Å²) < 4.78 is 13.2. The highest BCUT2D eigenvalue weighted by molar-refractivity contribution is 9.25. The van der Waals surface area contributed by atoms with Gasteiger partial charge >= 0.3 is 0 Å². The van der Waals surface area contributed by atoms with E-state index >= 15 is 0 Å². The molecule has 0 unspecified atom stereocenters. The molecule has 1 aliphatic carbocycles. The van der Waals surface area contributed by atoms with Gasteiger partial charge in [0.25, 0.3) is 0 Å². The molecule has 3 aromatic carbocycles. The number of hydrogen-bond acceptors (Lipinski definition) is 4. The summed E-state index contributed by atoms with van der Waals surface area (Å²) in [6.07, 6.45) is 2.71. The zero-order valence-electron chi connectivity index (χ0n) is 16.6. The Labute approximate surface area is 220 Å². The molecule has 0 atom stereocenters. The average Bonchev–Trinajstić information content (AvgIpc) is 2.72. The maximum Gasteiger partial charge on any atom is 0.146 e. The summed E-state index contributed by atoms with van der Waals surface area (Å²) >= 11 is 14.9. The summed E-state index contributed by atoms with van der Waals surface area (Å²) in [4.78, 5) is 0. The number of allylic oxidation sites excluding steroid dienone is 4. The van der Waals surface area contributed by atoms with Crippen molar-refractivity contribution in [3.05, 3.63) is 93.1 Å². The highest BCUT2D eigenvalue weighted by Crippen LogP contribution is 2.50. The van der Waals surface area contributed by atoms with Crippen molar-refractivity contribution in [1.82, 2.24) is 0 Å². The molecule has 0 bridgehead atoms. The van der Waals surface area contributed by atoms with E-state index in [4.69, 9.17) is 20.9 Å². The Morgan fingerprint density at radius 1 is 0.781 bits per heavy atom. The van der Waals surface area contributed by atoms with Gasteiger partial charge in [0.05, 0.1) is 8.96 Å². The number of ether oxygens (including phenoxy) is 2. The minimum Gasteiger partial charge on any atom is -0.458 e. The highest BCUT2D eigenvalue weighted by atomic mass is 79.9. The van der Waals surface area contributed by atoms with E-state index in [1.54, 1.807) is 12.1 Å². The maximum absolute atomic E-state index is 6.14. The van der Waals surface area contributed by atoms with Gasteiger partial charge in [0.15, 0.2) is 0 Å². The highest BCUT2D eigenvalue weighted by Gasteiger charge is 2.37. The summed E-state index contributed by atoms with van der Waals surface area (Å²) in [7, 11) is 0. The molecule has 3 aromatic rings. The molecule has 4 nitrogen and oxygen atoms in total. The van der Waals surface area contributed by atoms with E-state index in [0.29, 0.717) is 40.8 Å². The molecule has 0 saturated carbocycles. The fourth-order valence-corrected chi connectivity index (χ4v) is 6.14. The van der Waals surface area contributed by atoms with E-state index in [2.05, 4.69) is 69.8 Å². The van der Waals surface area contributed by atoms with E-state index in [9.17, 15) is 0 Å². The molecule has 32 heavy (non-hydrogen) atoms. The van der Waals surface area contributed by atoms with Crippen LogP contribution in [0, 0.1) is 0 Å². The second kappa shape index (κ2) is 9.63. The van der Waals surface area contributed by atoms with Crippen LogP contribution in [-0.4, -0.2) is 3.23 Å². The van der Waals surface area contributed by atoms with Crippen molar-refractivity contribution in [3.63, 3.8) is 0 Å². The van der Waals surface area contributed by atoms with Crippen LogP contribution in [0.4, 0.5) is 11.4 Å². The predicted molar refractivity (Wildman–Crippen MR) is 146 cm³/mol. The first kappa shape index (κ1) is 23.4. The molecule has 0 fully saturated rings. The summed E-state index contributed by atoms with van der Waals surface area (Å²) in [6, 6.07) is 20.7. The Morgan fingerprint density at radius 2 is 1.41 bits per heavy atom. The van der Waals surface area contributed by atoms with Crippen molar-refractivity contribution >= 4 is 80.7 Å². The van der Waals surface area contributed by atoms with Crippen LogP contribution in [0.3, 0.4) is 0 Å².